The lowest BCUT2D eigenvalue weighted by atomic mass is 10.1. The second-order valence-electron chi connectivity index (χ2n) is 5.26. The van der Waals surface area contributed by atoms with Gasteiger partial charge in [-0.05, 0) is 55.0 Å². The Hall–Kier alpha value is -2.39. The third kappa shape index (κ3) is 3.51. The zero-order chi connectivity index (χ0) is 16.2. The first-order valence-corrected chi connectivity index (χ1v) is 7.77. The van der Waals surface area contributed by atoms with Crippen molar-refractivity contribution in [2.24, 2.45) is 0 Å². The van der Waals surface area contributed by atoms with Crippen molar-refractivity contribution in [2.45, 2.75) is 13.5 Å². The summed E-state index contributed by atoms with van der Waals surface area (Å²) in [6.45, 7) is 2.61. The Kier molecular flexibility index (Phi) is 4.58. The van der Waals surface area contributed by atoms with E-state index < -0.39 is 0 Å². The van der Waals surface area contributed by atoms with Gasteiger partial charge in [0.2, 0.25) is 0 Å². The van der Waals surface area contributed by atoms with Gasteiger partial charge < -0.3 is 14.5 Å². The first-order valence-electron chi connectivity index (χ1n) is 7.39. The lowest BCUT2D eigenvalue weighted by Gasteiger charge is -2.06. The molecule has 0 unspecified atom stereocenters. The van der Waals surface area contributed by atoms with Crippen molar-refractivity contribution >= 4 is 17.3 Å². The second kappa shape index (κ2) is 6.80. The number of furan rings is 1. The van der Waals surface area contributed by atoms with Crippen molar-refractivity contribution in [3.05, 3.63) is 70.9 Å². The van der Waals surface area contributed by atoms with E-state index in [0.29, 0.717) is 6.54 Å². The van der Waals surface area contributed by atoms with Gasteiger partial charge in [0.05, 0.1) is 13.7 Å². The largest absolute Gasteiger partial charge is 0.497 e. The first kappa shape index (κ1) is 15.5. The van der Waals surface area contributed by atoms with Crippen LogP contribution < -0.4 is 10.1 Å². The Morgan fingerprint density at radius 3 is 2.57 bits per heavy atom. The summed E-state index contributed by atoms with van der Waals surface area (Å²) in [5.41, 5.74) is 3.06. The highest BCUT2D eigenvalue weighted by Gasteiger charge is 2.09. The average molecular weight is 328 g/mol. The van der Waals surface area contributed by atoms with E-state index in [1.54, 1.807) is 7.11 Å². The van der Waals surface area contributed by atoms with Gasteiger partial charge in [0.15, 0.2) is 0 Å². The van der Waals surface area contributed by atoms with E-state index in [9.17, 15) is 0 Å². The molecule has 0 aliphatic heterocycles. The fraction of sp³-hybridized carbons (Fsp3) is 0.158. The quantitative estimate of drug-likeness (QED) is 0.669. The zero-order valence-corrected chi connectivity index (χ0v) is 13.9. The molecule has 0 saturated carbocycles. The zero-order valence-electron chi connectivity index (χ0n) is 13.1. The molecule has 2 aromatic carbocycles. The second-order valence-corrected chi connectivity index (χ2v) is 5.67. The van der Waals surface area contributed by atoms with Crippen molar-refractivity contribution in [1.82, 2.24) is 0 Å². The molecule has 23 heavy (non-hydrogen) atoms. The van der Waals surface area contributed by atoms with Gasteiger partial charge >= 0.3 is 0 Å². The van der Waals surface area contributed by atoms with Gasteiger partial charge in [-0.2, -0.15) is 0 Å². The van der Waals surface area contributed by atoms with Gasteiger partial charge in [0.25, 0.3) is 0 Å². The fourth-order valence-corrected chi connectivity index (χ4v) is 2.56. The van der Waals surface area contributed by atoms with E-state index in [1.807, 2.05) is 61.5 Å². The molecule has 1 aromatic heterocycles. The van der Waals surface area contributed by atoms with Crippen molar-refractivity contribution in [2.75, 3.05) is 12.4 Å². The summed E-state index contributed by atoms with van der Waals surface area (Å²) in [4.78, 5) is 0. The molecule has 1 heterocycles. The summed E-state index contributed by atoms with van der Waals surface area (Å²) in [6.07, 6.45) is 0. The minimum Gasteiger partial charge on any atom is -0.497 e. The molecule has 0 fully saturated rings. The maximum atomic E-state index is 6.17. The first-order chi connectivity index (χ1) is 11.2. The molecule has 0 aliphatic carbocycles. The lowest BCUT2D eigenvalue weighted by Crippen LogP contribution is -1.97. The summed E-state index contributed by atoms with van der Waals surface area (Å²) < 4.78 is 11.1. The molecular formula is C19H18ClNO2. The Bertz CT molecular complexity index is 793. The summed E-state index contributed by atoms with van der Waals surface area (Å²) in [6, 6.07) is 17.6. The summed E-state index contributed by atoms with van der Waals surface area (Å²) in [7, 11) is 1.66. The monoisotopic (exact) mass is 327 g/mol. The van der Waals surface area contributed by atoms with Crippen LogP contribution in [0, 0.1) is 6.92 Å². The topological polar surface area (TPSA) is 34.4 Å². The molecule has 4 heteroatoms. The van der Waals surface area contributed by atoms with Crippen LogP contribution in [0.3, 0.4) is 0 Å². The van der Waals surface area contributed by atoms with E-state index in [-0.39, 0.29) is 0 Å². The normalized spacial score (nSPS) is 10.6. The average Bonchev–Trinajstić information content (AvgIpc) is 3.04. The standard InChI is InChI=1S/C19H18ClNO2/c1-13-17(4-3-5-18(13)20)19-11-10-16(23-19)12-21-14-6-8-15(22-2)9-7-14/h3-11,21H,12H2,1-2H3. The molecular weight excluding hydrogens is 310 g/mol. The van der Waals surface area contributed by atoms with Gasteiger partial charge in [-0.3, -0.25) is 0 Å². The Morgan fingerprint density at radius 2 is 1.83 bits per heavy atom. The van der Waals surface area contributed by atoms with Gasteiger partial charge in [0.1, 0.15) is 17.3 Å². The van der Waals surface area contributed by atoms with Crippen molar-refractivity contribution < 1.29 is 9.15 Å². The number of hydrogen-bond acceptors (Lipinski definition) is 3. The maximum Gasteiger partial charge on any atom is 0.134 e. The molecule has 3 nitrogen and oxygen atoms in total. The highest BCUT2D eigenvalue weighted by molar-refractivity contribution is 6.31. The number of nitrogens with one attached hydrogen (secondary N) is 1. The van der Waals surface area contributed by atoms with Crippen LogP contribution in [0.25, 0.3) is 11.3 Å². The number of benzene rings is 2. The SMILES string of the molecule is COc1ccc(NCc2ccc(-c3cccc(Cl)c3C)o2)cc1. The number of anilines is 1. The fourth-order valence-electron chi connectivity index (χ4n) is 2.39. The van der Waals surface area contributed by atoms with Crippen LogP contribution in [0.15, 0.2) is 59.0 Å². The van der Waals surface area contributed by atoms with Crippen LogP contribution in [-0.2, 0) is 6.54 Å². The van der Waals surface area contributed by atoms with Gasteiger partial charge in [-0.15, -0.1) is 0 Å². The van der Waals surface area contributed by atoms with Gasteiger partial charge in [-0.1, -0.05) is 23.7 Å². The molecule has 3 rings (SSSR count). The molecule has 0 atom stereocenters. The van der Waals surface area contributed by atoms with Crippen LogP contribution in [-0.4, -0.2) is 7.11 Å². The van der Waals surface area contributed by atoms with Gasteiger partial charge in [0, 0.05) is 16.3 Å². The van der Waals surface area contributed by atoms with Crippen molar-refractivity contribution in [3.63, 3.8) is 0 Å². The molecule has 0 saturated heterocycles. The molecule has 0 amide bonds. The molecule has 1 N–H and O–H groups in total. The predicted octanol–water partition coefficient (Wildman–Crippen LogP) is 5.53. The number of ether oxygens (including phenoxy) is 1. The number of halogens is 1. The third-order valence-corrected chi connectivity index (χ3v) is 4.16. The van der Waals surface area contributed by atoms with E-state index in [0.717, 1.165) is 39.1 Å². The molecule has 0 aliphatic rings. The Labute approximate surface area is 140 Å². The van der Waals surface area contributed by atoms with Crippen molar-refractivity contribution in [1.29, 1.82) is 0 Å². The number of hydrogen-bond donors (Lipinski definition) is 1. The highest BCUT2D eigenvalue weighted by atomic mass is 35.5. The van der Waals surface area contributed by atoms with E-state index in [4.69, 9.17) is 20.8 Å². The molecule has 118 valence electrons. The van der Waals surface area contributed by atoms with Gasteiger partial charge in [-0.25, -0.2) is 0 Å². The minimum atomic E-state index is 0.617. The molecule has 0 radical (unpaired) electrons. The van der Waals surface area contributed by atoms with E-state index in [1.165, 1.54) is 0 Å². The summed E-state index contributed by atoms with van der Waals surface area (Å²) in [5, 5.41) is 4.07. The number of rotatable bonds is 5. The highest BCUT2D eigenvalue weighted by Crippen LogP contribution is 2.30. The molecule has 0 bridgehead atoms. The lowest BCUT2D eigenvalue weighted by molar-refractivity contribution is 0.415. The van der Waals surface area contributed by atoms with Crippen LogP contribution >= 0.6 is 11.6 Å². The van der Waals surface area contributed by atoms with Crippen LogP contribution in [0.1, 0.15) is 11.3 Å². The molecule has 0 spiro atoms. The maximum absolute atomic E-state index is 6.17. The van der Waals surface area contributed by atoms with Crippen LogP contribution in [0.2, 0.25) is 5.02 Å². The van der Waals surface area contributed by atoms with E-state index >= 15 is 0 Å². The Balaban J connectivity index is 1.70. The smallest absolute Gasteiger partial charge is 0.134 e. The Morgan fingerprint density at radius 1 is 1.04 bits per heavy atom. The third-order valence-electron chi connectivity index (χ3n) is 3.75. The summed E-state index contributed by atoms with van der Waals surface area (Å²) in [5.74, 6) is 2.54. The minimum absolute atomic E-state index is 0.617. The van der Waals surface area contributed by atoms with Crippen LogP contribution in [0.4, 0.5) is 5.69 Å². The van der Waals surface area contributed by atoms with Crippen LogP contribution in [0.5, 0.6) is 5.75 Å². The molecule has 3 aromatic rings. The van der Waals surface area contributed by atoms with Crippen molar-refractivity contribution in [3.8, 4) is 17.1 Å². The number of methoxy groups -OCH3 is 1. The van der Waals surface area contributed by atoms with E-state index in [2.05, 4.69) is 5.32 Å². The predicted molar refractivity (Wildman–Crippen MR) is 94.2 cm³/mol. The summed E-state index contributed by atoms with van der Waals surface area (Å²) >= 11 is 6.17.